The normalized spacial score (nSPS) is 19.7. The molecule has 0 amide bonds. The number of hydrogen-bond acceptors (Lipinski definition) is 5. The van der Waals surface area contributed by atoms with Crippen LogP contribution >= 0.6 is 0 Å². The number of nitrogens with one attached hydrogen (secondary N) is 1. The molecule has 98 valence electrons. The monoisotopic (exact) mass is 252 g/mol. The van der Waals surface area contributed by atoms with Crippen LogP contribution in [0.5, 0.6) is 0 Å². The molecule has 1 N–H and O–H groups in total. The summed E-state index contributed by atoms with van der Waals surface area (Å²) in [6.07, 6.45) is 0.977. The van der Waals surface area contributed by atoms with Gasteiger partial charge in [-0.2, -0.15) is 0 Å². The van der Waals surface area contributed by atoms with E-state index in [1.165, 1.54) is 6.07 Å². The van der Waals surface area contributed by atoms with Gasteiger partial charge in [0, 0.05) is 24.7 Å². The van der Waals surface area contributed by atoms with E-state index in [2.05, 4.69) is 5.32 Å². The fourth-order valence-corrected chi connectivity index (χ4v) is 1.87. The molecular formula is C12H16N2O4. The topological polar surface area (TPSA) is 73.6 Å². The smallest absolute Gasteiger partial charge is 0.273 e. The van der Waals surface area contributed by atoms with Gasteiger partial charge in [0.1, 0.15) is 6.79 Å². The molecule has 1 aromatic rings. The second kappa shape index (κ2) is 6.44. The minimum atomic E-state index is -0.359. The zero-order chi connectivity index (χ0) is 12.8. The SMILES string of the molecule is O=[N+]([O-])c1ccccc1CNCC1CCOCO1. The molecule has 0 aliphatic carbocycles. The number of nitro benzene ring substituents is 1. The van der Waals surface area contributed by atoms with Gasteiger partial charge in [-0.1, -0.05) is 18.2 Å². The molecule has 1 unspecified atom stereocenters. The summed E-state index contributed by atoms with van der Waals surface area (Å²) in [6.45, 7) is 2.18. The van der Waals surface area contributed by atoms with Gasteiger partial charge in [0.2, 0.25) is 0 Å². The predicted octanol–water partition coefficient (Wildman–Crippen LogP) is 1.45. The minimum absolute atomic E-state index is 0.126. The first kappa shape index (κ1) is 12.9. The third-order valence-corrected chi connectivity index (χ3v) is 2.85. The molecule has 6 heteroatoms. The van der Waals surface area contributed by atoms with Gasteiger partial charge >= 0.3 is 0 Å². The molecule has 0 bridgehead atoms. The molecule has 0 aromatic heterocycles. The van der Waals surface area contributed by atoms with Crippen molar-refractivity contribution in [3.8, 4) is 0 Å². The molecule has 1 aromatic carbocycles. The molecule has 1 fully saturated rings. The summed E-state index contributed by atoms with van der Waals surface area (Å²) in [5, 5.41) is 14.0. The summed E-state index contributed by atoms with van der Waals surface area (Å²) in [7, 11) is 0. The molecule has 0 saturated carbocycles. The lowest BCUT2D eigenvalue weighted by molar-refractivity contribution is -0.385. The number of hydrogen-bond donors (Lipinski definition) is 1. The average molecular weight is 252 g/mol. The first-order chi connectivity index (χ1) is 8.77. The van der Waals surface area contributed by atoms with Gasteiger partial charge in [-0.25, -0.2) is 0 Å². The Morgan fingerprint density at radius 2 is 2.28 bits per heavy atom. The first-order valence-electron chi connectivity index (χ1n) is 5.89. The lowest BCUT2D eigenvalue weighted by Crippen LogP contribution is -2.33. The Bertz CT molecular complexity index is 405. The quantitative estimate of drug-likeness (QED) is 0.634. The van der Waals surface area contributed by atoms with Crippen LogP contribution < -0.4 is 5.32 Å². The summed E-state index contributed by atoms with van der Waals surface area (Å²) in [6, 6.07) is 6.75. The van der Waals surface area contributed by atoms with E-state index in [0.29, 0.717) is 32.1 Å². The van der Waals surface area contributed by atoms with Gasteiger partial charge in [-0.15, -0.1) is 0 Å². The number of para-hydroxylation sites is 1. The van der Waals surface area contributed by atoms with Gasteiger partial charge in [0.15, 0.2) is 0 Å². The molecule has 18 heavy (non-hydrogen) atoms. The second-order valence-electron chi connectivity index (χ2n) is 4.12. The summed E-state index contributed by atoms with van der Waals surface area (Å²) < 4.78 is 10.5. The third kappa shape index (κ3) is 3.49. The van der Waals surface area contributed by atoms with E-state index in [9.17, 15) is 10.1 Å². The van der Waals surface area contributed by atoms with E-state index in [0.717, 1.165) is 6.42 Å². The van der Waals surface area contributed by atoms with Crippen LogP contribution in [-0.4, -0.2) is 31.0 Å². The first-order valence-corrected chi connectivity index (χ1v) is 5.89. The van der Waals surface area contributed by atoms with Gasteiger partial charge in [0.25, 0.3) is 5.69 Å². The Labute approximate surface area is 105 Å². The summed E-state index contributed by atoms with van der Waals surface area (Å²) in [5.41, 5.74) is 0.840. The molecule has 1 saturated heterocycles. The highest BCUT2D eigenvalue weighted by Crippen LogP contribution is 2.17. The van der Waals surface area contributed by atoms with Crippen molar-refractivity contribution < 1.29 is 14.4 Å². The van der Waals surface area contributed by atoms with Crippen molar-refractivity contribution >= 4 is 5.69 Å². The Morgan fingerprint density at radius 1 is 1.44 bits per heavy atom. The van der Waals surface area contributed by atoms with Crippen LogP contribution in [0, 0.1) is 10.1 Å². The molecule has 0 spiro atoms. The van der Waals surface area contributed by atoms with Crippen molar-refractivity contribution in [3.63, 3.8) is 0 Å². The summed E-state index contributed by atoms with van der Waals surface area (Å²) in [4.78, 5) is 10.5. The molecule has 1 atom stereocenters. The predicted molar refractivity (Wildman–Crippen MR) is 65.1 cm³/mol. The highest BCUT2D eigenvalue weighted by atomic mass is 16.7. The van der Waals surface area contributed by atoms with Crippen LogP contribution in [0.15, 0.2) is 24.3 Å². The van der Waals surface area contributed by atoms with E-state index in [1.54, 1.807) is 18.2 Å². The number of nitrogens with zero attached hydrogens (tertiary/aromatic N) is 1. The number of benzene rings is 1. The summed E-state index contributed by atoms with van der Waals surface area (Å²) in [5.74, 6) is 0. The van der Waals surface area contributed by atoms with Crippen LogP contribution in [0.2, 0.25) is 0 Å². The Balaban J connectivity index is 1.84. The van der Waals surface area contributed by atoms with E-state index >= 15 is 0 Å². The van der Waals surface area contributed by atoms with Crippen LogP contribution in [-0.2, 0) is 16.0 Å². The van der Waals surface area contributed by atoms with Crippen LogP contribution in [0.3, 0.4) is 0 Å². The minimum Gasteiger partial charge on any atom is -0.355 e. The Kier molecular flexibility index (Phi) is 4.63. The number of nitro groups is 1. The Hall–Kier alpha value is -1.50. The number of ether oxygens (including phenoxy) is 2. The molecule has 0 radical (unpaired) electrons. The van der Waals surface area contributed by atoms with Gasteiger partial charge in [-0.05, 0) is 6.42 Å². The maximum atomic E-state index is 10.8. The zero-order valence-electron chi connectivity index (χ0n) is 10.0. The summed E-state index contributed by atoms with van der Waals surface area (Å²) >= 11 is 0. The Morgan fingerprint density at radius 3 is 3.00 bits per heavy atom. The van der Waals surface area contributed by atoms with Crippen molar-refractivity contribution in [3.05, 3.63) is 39.9 Å². The molecular weight excluding hydrogens is 236 g/mol. The van der Waals surface area contributed by atoms with Crippen molar-refractivity contribution in [1.29, 1.82) is 0 Å². The molecule has 1 heterocycles. The van der Waals surface area contributed by atoms with Crippen molar-refractivity contribution in [1.82, 2.24) is 5.32 Å². The number of rotatable bonds is 5. The largest absolute Gasteiger partial charge is 0.355 e. The van der Waals surface area contributed by atoms with Gasteiger partial charge in [-0.3, -0.25) is 10.1 Å². The highest BCUT2D eigenvalue weighted by molar-refractivity contribution is 5.39. The van der Waals surface area contributed by atoms with Crippen LogP contribution in [0.4, 0.5) is 5.69 Å². The zero-order valence-corrected chi connectivity index (χ0v) is 10.0. The van der Waals surface area contributed by atoms with E-state index in [4.69, 9.17) is 9.47 Å². The second-order valence-corrected chi connectivity index (χ2v) is 4.12. The van der Waals surface area contributed by atoms with E-state index in [-0.39, 0.29) is 16.7 Å². The highest BCUT2D eigenvalue weighted by Gasteiger charge is 2.15. The van der Waals surface area contributed by atoms with E-state index in [1.807, 2.05) is 0 Å². The molecule has 2 rings (SSSR count). The van der Waals surface area contributed by atoms with Crippen molar-refractivity contribution in [2.45, 2.75) is 19.1 Å². The maximum absolute atomic E-state index is 10.8. The molecule has 1 aliphatic rings. The standard InChI is InChI=1S/C12H16N2O4/c15-14(16)12-4-2-1-3-10(12)7-13-8-11-5-6-17-9-18-11/h1-4,11,13H,5-9H2. The lowest BCUT2D eigenvalue weighted by atomic mass is 10.1. The van der Waals surface area contributed by atoms with Crippen molar-refractivity contribution in [2.75, 3.05) is 19.9 Å². The fourth-order valence-electron chi connectivity index (χ4n) is 1.87. The van der Waals surface area contributed by atoms with Gasteiger partial charge in [0.05, 0.1) is 17.6 Å². The average Bonchev–Trinajstić information content (AvgIpc) is 2.40. The maximum Gasteiger partial charge on any atom is 0.273 e. The molecule has 1 aliphatic heterocycles. The lowest BCUT2D eigenvalue weighted by Gasteiger charge is -2.22. The third-order valence-electron chi connectivity index (χ3n) is 2.85. The van der Waals surface area contributed by atoms with Gasteiger partial charge < -0.3 is 14.8 Å². The van der Waals surface area contributed by atoms with Crippen LogP contribution in [0.1, 0.15) is 12.0 Å². The fraction of sp³-hybridized carbons (Fsp3) is 0.500. The van der Waals surface area contributed by atoms with E-state index < -0.39 is 0 Å². The van der Waals surface area contributed by atoms with Crippen molar-refractivity contribution in [2.24, 2.45) is 0 Å². The van der Waals surface area contributed by atoms with Crippen LogP contribution in [0.25, 0.3) is 0 Å². The molecule has 6 nitrogen and oxygen atoms in total.